The summed E-state index contributed by atoms with van der Waals surface area (Å²) in [6, 6.07) is 7.97. The van der Waals surface area contributed by atoms with Gasteiger partial charge in [0.05, 0.1) is 0 Å². The van der Waals surface area contributed by atoms with Crippen LogP contribution in [0.5, 0.6) is 0 Å². The molecule has 1 aliphatic rings. The lowest BCUT2D eigenvalue weighted by atomic mass is 10.1. The average Bonchev–Trinajstić information content (AvgIpc) is 3.20. The maximum Gasteiger partial charge on any atom is 0.228 e. The maximum atomic E-state index is 11.5. The van der Waals surface area contributed by atoms with Crippen LogP contribution in [0.4, 0.5) is 0 Å². The zero-order valence-electron chi connectivity index (χ0n) is 11.4. The van der Waals surface area contributed by atoms with E-state index in [0.717, 1.165) is 18.4 Å². The molecular weight excluding hydrogens is 254 g/mol. The first-order valence-corrected chi connectivity index (χ1v) is 6.90. The zero-order valence-corrected chi connectivity index (χ0v) is 11.4. The standard InChI is InChI=1S/C15H17N3O2/c1-10-2-4-11(5-3-10)14-17-13(20-18-14)8-9-16-15(19)12-6-7-12/h2-5,12H,6-9H2,1H3,(H,16,19). The van der Waals surface area contributed by atoms with E-state index in [-0.39, 0.29) is 11.8 Å². The van der Waals surface area contributed by atoms with Crippen molar-refractivity contribution in [3.8, 4) is 11.4 Å². The molecule has 0 bridgehead atoms. The highest BCUT2D eigenvalue weighted by molar-refractivity contribution is 5.80. The number of carbonyl (C=O) groups is 1. The van der Waals surface area contributed by atoms with E-state index < -0.39 is 0 Å². The van der Waals surface area contributed by atoms with E-state index in [1.165, 1.54) is 5.56 Å². The number of aryl methyl sites for hydroxylation is 1. The minimum Gasteiger partial charge on any atom is -0.355 e. The van der Waals surface area contributed by atoms with Gasteiger partial charge in [-0.2, -0.15) is 4.98 Å². The number of aromatic nitrogens is 2. The Labute approximate surface area is 117 Å². The van der Waals surface area contributed by atoms with Gasteiger partial charge in [-0.3, -0.25) is 4.79 Å². The van der Waals surface area contributed by atoms with Crippen molar-refractivity contribution >= 4 is 5.91 Å². The van der Waals surface area contributed by atoms with E-state index in [4.69, 9.17) is 4.52 Å². The minimum atomic E-state index is 0.142. The van der Waals surface area contributed by atoms with Crippen LogP contribution >= 0.6 is 0 Å². The number of nitrogens with zero attached hydrogens (tertiary/aromatic N) is 2. The molecule has 1 aromatic heterocycles. The second kappa shape index (κ2) is 5.45. The van der Waals surface area contributed by atoms with Gasteiger partial charge in [-0.05, 0) is 19.8 Å². The number of carbonyl (C=O) groups excluding carboxylic acids is 1. The number of hydrogen-bond acceptors (Lipinski definition) is 4. The van der Waals surface area contributed by atoms with Crippen LogP contribution in [0.25, 0.3) is 11.4 Å². The first kappa shape index (κ1) is 12.8. The van der Waals surface area contributed by atoms with Crippen molar-refractivity contribution in [1.29, 1.82) is 0 Å². The van der Waals surface area contributed by atoms with Gasteiger partial charge in [0.25, 0.3) is 0 Å². The number of rotatable bonds is 5. The molecule has 0 spiro atoms. The van der Waals surface area contributed by atoms with Gasteiger partial charge >= 0.3 is 0 Å². The topological polar surface area (TPSA) is 68.0 Å². The second-order valence-corrected chi connectivity index (χ2v) is 5.19. The Morgan fingerprint density at radius 1 is 1.35 bits per heavy atom. The van der Waals surface area contributed by atoms with Gasteiger partial charge in [-0.25, -0.2) is 0 Å². The highest BCUT2D eigenvalue weighted by atomic mass is 16.5. The maximum absolute atomic E-state index is 11.5. The van der Waals surface area contributed by atoms with Crippen molar-refractivity contribution in [2.45, 2.75) is 26.2 Å². The van der Waals surface area contributed by atoms with E-state index in [1.54, 1.807) is 0 Å². The molecule has 1 aliphatic carbocycles. The van der Waals surface area contributed by atoms with Gasteiger partial charge in [-0.1, -0.05) is 35.0 Å². The quantitative estimate of drug-likeness (QED) is 0.904. The molecule has 1 fully saturated rings. The van der Waals surface area contributed by atoms with E-state index in [9.17, 15) is 4.79 Å². The molecule has 1 heterocycles. The van der Waals surface area contributed by atoms with Crippen molar-refractivity contribution in [2.75, 3.05) is 6.54 Å². The van der Waals surface area contributed by atoms with Crippen molar-refractivity contribution in [2.24, 2.45) is 5.92 Å². The summed E-state index contributed by atoms with van der Waals surface area (Å²) in [4.78, 5) is 15.8. The van der Waals surface area contributed by atoms with Crippen LogP contribution in [0.15, 0.2) is 28.8 Å². The van der Waals surface area contributed by atoms with Crippen molar-refractivity contribution in [1.82, 2.24) is 15.5 Å². The van der Waals surface area contributed by atoms with Crippen LogP contribution in [-0.4, -0.2) is 22.6 Å². The van der Waals surface area contributed by atoms with Gasteiger partial charge in [0.15, 0.2) is 0 Å². The molecular formula is C15H17N3O2. The predicted molar refractivity (Wildman–Crippen MR) is 73.9 cm³/mol. The Balaban J connectivity index is 1.56. The fraction of sp³-hybridized carbons (Fsp3) is 0.400. The van der Waals surface area contributed by atoms with E-state index in [2.05, 4.69) is 15.5 Å². The molecule has 0 aliphatic heterocycles. The van der Waals surface area contributed by atoms with Crippen molar-refractivity contribution in [3.05, 3.63) is 35.7 Å². The third kappa shape index (κ3) is 3.04. The van der Waals surface area contributed by atoms with Crippen LogP contribution in [0.3, 0.4) is 0 Å². The third-order valence-corrected chi connectivity index (χ3v) is 3.36. The highest BCUT2D eigenvalue weighted by Crippen LogP contribution is 2.28. The van der Waals surface area contributed by atoms with Crippen molar-refractivity contribution < 1.29 is 9.32 Å². The van der Waals surface area contributed by atoms with Gasteiger partial charge in [0.1, 0.15) is 0 Å². The lowest BCUT2D eigenvalue weighted by Gasteiger charge is -2.00. The van der Waals surface area contributed by atoms with Gasteiger partial charge in [0, 0.05) is 24.4 Å². The number of benzene rings is 1. The molecule has 104 valence electrons. The molecule has 1 saturated carbocycles. The van der Waals surface area contributed by atoms with Crippen LogP contribution in [0.2, 0.25) is 0 Å². The Bertz CT molecular complexity index is 600. The van der Waals surface area contributed by atoms with Gasteiger partial charge < -0.3 is 9.84 Å². The second-order valence-electron chi connectivity index (χ2n) is 5.19. The summed E-state index contributed by atoms with van der Waals surface area (Å²) in [7, 11) is 0. The van der Waals surface area contributed by atoms with E-state index in [1.807, 2.05) is 31.2 Å². The minimum absolute atomic E-state index is 0.142. The summed E-state index contributed by atoms with van der Waals surface area (Å²) in [5, 5.41) is 6.85. The Morgan fingerprint density at radius 2 is 2.10 bits per heavy atom. The Hall–Kier alpha value is -2.17. The Kier molecular flexibility index (Phi) is 3.50. The van der Waals surface area contributed by atoms with Crippen LogP contribution < -0.4 is 5.32 Å². The summed E-state index contributed by atoms with van der Waals surface area (Å²) in [6.45, 7) is 2.58. The largest absolute Gasteiger partial charge is 0.355 e. The molecule has 2 aromatic rings. The first-order chi connectivity index (χ1) is 9.72. The van der Waals surface area contributed by atoms with Crippen LogP contribution in [0.1, 0.15) is 24.3 Å². The summed E-state index contributed by atoms with van der Waals surface area (Å²) < 4.78 is 5.19. The Morgan fingerprint density at radius 3 is 2.80 bits per heavy atom. The number of amides is 1. The highest BCUT2D eigenvalue weighted by Gasteiger charge is 2.29. The third-order valence-electron chi connectivity index (χ3n) is 3.36. The predicted octanol–water partition coefficient (Wildman–Crippen LogP) is 2.11. The molecule has 0 radical (unpaired) electrons. The normalized spacial score (nSPS) is 14.2. The smallest absolute Gasteiger partial charge is 0.228 e. The molecule has 1 amide bonds. The van der Waals surface area contributed by atoms with Crippen LogP contribution in [0, 0.1) is 12.8 Å². The molecule has 1 aromatic carbocycles. The lowest BCUT2D eigenvalue weighted by molar-refractivity contribution is -0.122. The van der Waals surface area contributed by atoms with Gasteiger partial charge in [-0.15, -0.1) is 0 Å². The molecule has 20 heavy (non-hydrogen) atoms. The molecule has 0 unspecified atom stereocenters. The number of nitrogens with one attached hydrogen (secondary N) is 1. The van der Waals surface area contributed by atoms with E-state index in [0.29, 0.717) is 24.7 Å². The molecule has 5 nitrogen and oxygen atoms in total. The molecule has 0 atom stereocenters. The summed E-state index contributed by atoms with van der Waals surface area (Å²) in [5.74, 6) is 1.52. The van der Waals surface area contributed by atoms with Crippen LogP contribution in [-0.2, 0) is 11.2 Å². The SMILES string of the molecule is Cc1ccc(-c2noc(CCNC(=O)C3CC3)n2)cc1. The molecule has 5 heteroatoms. The fourth-order valence-electron chi connectivity index (χ4n) is 1.96. The van der Waals surface area contributed by atoms with Crippen molar-refractivity contribution in [3.63, 3.8) is 0 Å². The monoisotopic (exact) mass is 271 g/mol. The number of hydrogen-bond donors (Lipinski definition) is 1. The molecule has 1 N–H and O–H groups in total. The summed E-state index contributed by atoms with van der Waals surface area (Å²) in [6.07, 6.45) is 2.60. The lowest BCUT2D eigenvalue weighted by Crippen LogP contribution is -2.26. The summed E-state index contributed by atoms with van der Waals surface area (Å²) >= 11 is 0. The van der Waals surface area contributed by atoms with E-state index >= 15 is 0 Å². The fourth-order valence-corrected chi connectivity index (χ4v) is 1.96. The summed E-state index contributed by atoms with van der Waals surface area (Å²) in [5.41, 5.74) is 2.13. The average molecular weight is 271 g/mol. The molecule has 0 saturated heterocycles. The zero-order chi connectivity index (χ0) is 13.9. The molecule has 3 rings (SSSR count). The first-order valence-electron chi connectivity index (χ1n) is 6.90. The van der Waals surface area contributed by atoms with Gasteiger partial charge in [0.2, 0.25) is 17.6 Å².